The lowest BCUT2D eigenvalue weighted by Gasteiger charge is -2.13. The molecule has 0 radical (unpaired) electrons. The fourth-order valence-electron chi connectivity index (χ4n) is 1.06. The molecule has 74 valence electrons. The van der Waals surface area contributed by atoms with Crippen LogP contribution in [-0.4, -0.2) is 13.2 Å². The van der Waals surface area contributed by atoms with Gasteiger partial charge in [-0.15, -0.1) is 0 Å². The molecule has 0 aliphatic carbocycles. The van der Waals surface area contributed by atoms with Crippen LogP contribution >= 0.6 is 0 Å². The fraction of sp³-hybridized carbons (Fsp3) is 0.300. The number of rotatable bonds is 3. The molecule has 0 amide bonds. The average molecular weight is 195 g/mol. The van der Waals surface area contributed by atoms with Crippen molar-refractivity contribution in [2.75, 3.05) is 7.11 Å². The zero-order chi connectivity index (χ0) is 10.6. The van der Waals surface area contributed by atoms with Crippen LogP contribution in [0.1, 0.15) is 12.5 Å². The molecule has 14 heavy (non-hydrogen) atoms. The first-order chi connectivity index (χ1) is 6.60. The van der Waals surface area contributed by atoms with Gasteiger partial charge in [-0.25, -0.2) is 9.18 Å². The Morgan fingerprint density at radius 3 is 2.86 bits per heavy atom. The smallest absolute Gasteiger partial charge is 0.238 e. The van der Waals surface area contributed by atoms with Crippen molar-refractivity contribution in [2.24, 2.45) is 4.99 Å². The molecule has 1 atom stereocenters. The number of isocyanates is 1. The van der Waals surface area contributed by atoms with E-state index in [2.05, 4.69) is 4.99 Å². The van der Waals surface area contributed by atoms with Gasteiger partial charge < -0.3 is 4.74 Å². The van der Waals surface area contributed by atoms with Gasteiger partial charge in [-0.2, -0.15) is 4.99 Å². The maximum absolute atomic E-state index is 13.7. The molecule has 4 heteroatoms. The summed E-state index contributed by atoms with van der Waals surface area (Å²) in [5, 5.41) is 0. The van der Waals surface area contributed by atoms with Gasteiger partial charge >= 0.3 is 0 Å². The average Bonchev–Trinajstić information content (AvgIpc) is 2.18. The highest BCUT2D eigenvalue weighted by atomic mass is 19.1. The third-order valence-corrected chi connectivity index (χ3v) is 1.85. The number of nitrogens with zero attached hydrogens (tertiary/aromatic N) is 1. The molecule has 0 aromatic heterocycles. The van der Waals surface area contributed by atoms with Gasteiger partial charge in [0.15, 0.2) is 0 Å². The second-order valence-corrected chi connectivity index (χ2v) is 2.89. The number of methoxy groups -OCH3 is 1. The van der Waals surface area contributed by atoms with E-state index in [1.165, 1.54) is 32.2 Å². The number of ether oxygens (including phenoxy) is 1. The first-order valence-corrected chi connectivity index (χ1v) is 4.02. The summed E-state index contributed by atoms with van der Waals surface area (Å²) in [6.07, 6.45) is 1.20. The maximum atomic E-state index is 13.7. The molecular weight excluding hydrogens is 185 g/mol. The second-order valence-electron chi connectivity index (χ2n) is 2.89. The van der Waals surface area contributed by atoms with Gasteiger partial charge in [-0.1, -0.05) is 12.1 Å². The molecule has 0 aliphatic rings. The standard InChI is InChI=1S/C10H10FNO2/c1-10(11,12-7-13)8-4-3-5-9(6-8)14-2/h3-6H,1-2H3. The molecule has 0 N–H and O–H groups in total. The molecule has 0 saturated heterocycles. The van der Waals surface area contributed by atoms with Crippen molar-refractivity contribution < 1.29 is 13.9 Å². The van der Waals surface area contributed by atoms with Crippen LogP contribution in [0.15, 0.2) is 29.3 Å². The second kappa shape index (κ2) is 4.03. The third kappa shape index (κ3) is 2.18. The number of hydrogen-bond donors (Lipinski definition) is 0. The normalized spacial score (nSPS) is 13.9. The number of halogens is 1. The number of benzene rings is 1. The highest BCUT2D eigenvalue weighted by Crippen LogP contribution is 2.28. The van der Waals surface area contributed by atoms with E-state index in [4.69, 9.17) is 4.74 Å². The monoisotopic (exact) mass is 195 g/mol. The number of alkyl halides is 1. The molecule has 0 heterocycles. The summed E-state index contributed by atoms with van der Waals surface area (Å²) in [5.41, 5.74) is 0.264. The van der Waals surface area contributed by atoms with Crippen LogP contribution in [0.4, 0.5) is 4.39 Å². The Bertz CT molecular complexity index is 370. The minimum Gasteiger partial charge on any atom is -0.497 e. The first kappa shape index (κ1) is 10.4. The minimum absolute atomic E-state index is 0.264. The van der Waals surface area contributed by atoms with Gasteiger partial charge in [0.2, 0.25) is 11.9 Å². The zero-order valence-corrected chi connectivity index (χ0v) is 7.95. The molecule has 0 bridgehead atoms. The summed E-state index contributed by atoms with van der Waals surface area (Å²) >= 11 is 0. The van der Waals surface area contributed by atoms with Crippen LogP contribution in [0.5, 0.6) is 5.75 Å². The lowest BCUT2D eigenvalue weighted by molar-refractivity contribution is 0.205. The van der Waals surface area contributed by atoms with Crippen molar-refractivity contribution in [3.05, 3.63) is 29.8 Å². The van der Waals surface area contributed by atoms with Crippen molar-refractivity contribution in [1.82, 2.24) is 0 Å². The Morgan fingerprint density at radius 1 is 1.57 bits per heavy atom. The van der Waals surface area contributed by atoms with Crippen molar-refractivity contribution in [2.45, 2.75) is 12.7 Å². The van der Waals surface area contributed by atoms with Crippen molar-refractivity contribution in [1.29, 1.82) is 0 Å². The number of hydrogen-bond acceptors (Lipinski definition) is 3. The van der Waals surface area contributed by atoms with Crippen molar-refractivity contribution in [3.8, 4) is 5.75 Å². The van der Waals surface area contributed by atoms with E-state index in [0.29, 0.717) is 5.75 Å². The Labute approximate surface area is 81.2 Å². The summed E-state index contributed by atoms with van der Waals surface area (Å²) in [6, 6.07) is 6.33. The van der Waals surface area contributed by atoms with Crippen LogP contribution in [0, 0.1) is 0 Å². The molecule has 1 aromatic carbocycles. The van der Waals surface area contributed by atoms with Crippen LogP contribution in [0.25, 0.3) is 0 Å². The first-order valence-electron chi connectivity index (χ1n) is 4.02. The van der Waals surface area contributed by atoms with Gasteiger partial charge in [0.25, 0.3) is 0 Å². The maximum Gasteiger partial charge on any atom is 0.238 e. The lowest BCUT2D eigenvalue weighted by Crippen LogP contribution is -2.11. The van der Waals surface area contributed by atoms with E-state index in [-0.39, 0.29) is 5.56 Å². The Hall–Kier alpha value is -1.67. The summed E-state index contributed by atoms with van der Waals surface area (Å²) in [6.45, 7) is 1.19. The van der Waals surface area contributed by atoms with Gasteiger partial charge in [-0.05, 0) is 19.1 Å². The lowest BCUT2D eigenvalue weighted by atomic mass is 10.1. The van der Waals surface area contributed by atoms with Crippen LogP contribution in [0.3, 0.4) is 0 Å². The molecule has 1 rings (SSSR count). The highest BCUT2D eigenvalue weighted by molar-refractivity contribution is 5.38. The Balaban J connectivity index is 3.11. The SMILES string of the molecule is COc1cccc(C(C)(F)N=C=O)c1. The molecule has 1 unspecified atom stereocenters. The predicted molar refractivity (Wildman–Crippen MR) is 49.6 cm³/mol. The molecule has 3 nitrogen and oxygen atoms in total. The molecule has 0 saturated carbocycles. The molecule has 1 aromatic rings. The molecular formula is C10H10FNO2. The minimum atomic E-state index is -2.05. The Kier molecular flexibility index (Phi) is 2.99. The summed E-state index contributed by atoms with van der Waals surface area (Å²) in [7, 11) is 1.48. The van der Waals surface area contributed by atoms with Crippen LogP contribution in [-0.2, 0) is 10.6 Å². The quantitative estimate of drug-likeness (QED) is 0.421. The van der Waals surface area contributed by atoms with E-state index in [1.54, 1.807) is 12.1 Å². The van der Waals surface area contributed by atoms with Gasteiger partial charge in [0.1, 0.15) is 5.75 Å². The van der Waals surface area contributed by atoms with Gasteiger partial charge in [0, 0.05) is 5.56 Å². The highest BCUT2D eigenvalue weighted by Gasteiger charge is 2.24. The van der Waals surface area contributed by atoms with Crippen LogP contribution in [0.2, 0.25) is 0 Å². The number of aliphatic imine (C=N–C) groups is 1. The predicted octanol–water partition coefficient (Wildman–Crippen LogP) is 2.17. The van der Waals surface area contributed by atoms with E-state index < -0.39 is 5.79 Å². The van der Waals surface area contributed by atoms with Gasteiger partial charge in [-0.3, -0.25) is 0 Å². The third-order valence-electron chi connectivity index (χ3n) is 1.85. The fourth-order valence-corrected chi connectivity index (χ4v) is 1.06. The summed E-state index contributed by atoms with van der Waals surface area (Å²) < 4.78 is 18.6. The summed E-state index contributed by atoms with van der Waals surface area (Å²) in [4.78, 5) is 13.1. The van der Waals surface area contributed by atoms with E-state index in [1.807, 2.05) is 0 Å². The van der Waals surface area contributed by atoms with E-state index in [9.17, 15) is 9.18 Å². The Morgan fingerprint density at radius 2 is 2.29 bits per heavy atom. The van der Waals surface area contributed by atoms with Crippen molar-refractivity contribution in [3.63, 3.8) is 0 Å². The summed E-state index contributed by atoms with van der Waals surface area (Å²) in [5.74, 6) is -1.52. The van der Waals surface area contributed by atoms with E-state index >= 15 is 0 Å². The van der Waals surface area contributed by atoms with Gasteiger partial charge in [0.05, 0.1) is 7.11 Å². The molecule has 0 aliphatic heterocycles. The van der Waals surface area contributed by atoms with E-state index in [0.717, 1.165) is 0 Å². The molecule has 0 fully saturated rings. The zero-order valence-electron chi connectivity index (χ0n) is 7.95. The molecule has 0 spiro atoms. The number of carbonyl (C=O) groups excluding carboxylic acids is 1. The topological polar surface area (TPSA) is 38.7 Å². The van der Waals surface area contributed by atoms with Crippen molar-refractivity contribution >= 4 is 6.08 Å². The van der Waals surface area contributed by atoms with Crippen LogP contribution < -0.4 is 4.74 Å². The largest absolute Gasteiger partial charge is 0.497 e.